The van der Waals surface area contributed by atoms with Crippen LogP contribution < -0.4 is 11.1 Å². The third-order valence-corrected chi connectivity index (χ3v) is 4.45. The summed E-state index contributed by atoms with van der Waals surface area (Å²) in [5.74, 6) is -1.38. The number of aliphatic carboxylic acids is 1. The number of fused-ring (bicyclic) bond motifs is 3. The summed E-state index contributed by atoms with van der Waals surface area (Å²) in [6.45, 7) is 0.614. The van der Waals surface area contributed by atoms with Gasteiger partial charge < -0.3 is 20.3 Å². The summed E-state index contributed by atoms with van der Waals surface area (Å²) in [7, 11) is 0. The number of alkyl carbamates (subject to hydrolysis) is 1. The van der Waals surface area contributed by atoms with Crippen molar-refractivity contribution in [1.82, 2.24) is 5.32 Å². The normalized spacial score (nSPS) is 13.5. The van der Waals surface area contributed by atoms with Crippen LogP contribution in [0.25, 0.3) is 11.1 Å². The number of amides is 1. The van der Waals surface area contributed by atoms with Crippen molar-refractivity contribution in [2.75, 3.05) is 19.8 Å². The van der Waals surface area contributed by atoms with E-state index in [2.05, 4.69) is 5.32 Å². The summed E-state index contributed by atoms with van der Waals surface area (Å²) >= 11 is 0. The Morgan fingerprint density at radius 1 is 1.07 bits per heavy atom. The molecule has 1 aliphatic carbocycles. The molecule has 0 aromatic heterocycles. The van der Waals surface area contributed by atoms with Gasteiger partial charge in [0.2, 0.25) is 6.23 Å². The van der Waals surface area contributed by atoms with E-state index in [-0.39, 0.29) is 19.1 Å². The molecular formula is C20H22N2O5. The average Bonchev–Trinajstić information content (AvgIpc) is 2.99. The highest BCUT2D eigenvalue weighted by molar-refractivity contribution is 5.80. The SMILES string of the molecule is NCCCO[C@H](NC(=O)OCC1c2ccccc2-c2ccccc21)C(=O)O. The quantitative estimate of drug-likeness (QED) is 0.486. The van der Waals surface area contributed by atoms with Gasteiger partial charge in [-0.05, 0) is 35.2 Å². The first-order valence-electron chi connectivity index (χ1n) is 8.77. The Labute approximate surface area is 157 Å². The van der Waals surface area contributed by atoms with Crippen molar-refractivity contribution in [3.05, 3.63) is 59.7 Å². The summed E-state index contributed by atoms with van der Waals surface area (Å²) in [4.78, 5) is 23.3. The van der Waals surface area contributed by atoms with Crippen LogP contribution >= 0.6 is 0 Å². The van der Waals surface area contributed by atoms with Crippen molar-refractivity contribution in [1.29, 1.82) is 0 Å². The number of carbonyl (C=O) groups excluding carboxylic acids is 1. The molecule has 0 radical (unpaired) electrons. The molecule has 2 aromatic rings. The second-order valence-corrected chi connectivity index (χ2v) is 6.20. The Hall–Kier alpha value is -2.90. The van der Waals surface area contributed by atoms with Crippen LogP contribution in [0.15, 0.2) is 48.5 Å². The van der Waals surface area contributed by atoms with E-state index in [1.807, 2.05) is 48.5 Å². The van der Waals surface area contributed by atoms with Crippen LogP contribution in [-0.4, -0.2) is 43.2 Å². The highest BCUT2D eigenvalue weighted by Gasteiger charge is 2.29. The predicted octanol–water partition coefficient (Wildman–Crippen LogP) is 2.30. The molecule has 0 saturated carbocycles. The molecule has 1 atom stereocenters. The van der Waals surface area contributed by atoms with Gasteiger partial charge in [0.25, 0.3) is 0 Å². The molecule has 0 saturated heterocycles. The van der Waals surface area contributed by atoms with E-state index in [9.17, 15) is 9.59 Å². The van der Waals surface area contributed by atoms with Gasteiger partial charge in [-0.3, -0.25) is 5.32 Å². The van der Waals surface area contributed by atoms with Crippen LogP contribution in [0.2, 0.25) is 0 Å². The summed E-state index contributed by atoms with van der Waals surface area (Å²) in [5.41, 5.74) is 9.76. The maximum Gasteiger partial charge on any atom is 0.409 e. The van der Waals surface area contributed by atoms with Crippen LogP contribution in [0, 0.1) is 0 Å². The van der Waals surface area contributed by atoms with Gasteiger partial charge >= 0.3 is 12.1 Å². The van der Waals surface area contributed by atoms with Crippen molar-refractivity contribution in [2.24, 2.45) is 5.73 Å². The molecule has 142 valence electrons. The zero-order valence-electron chi connectivity index (χ0n) is 14.8. The monoisotopic (exact) mass is 370 g/mol. The van der Waals surface area contributed by atoms with Crippen LogP contribution in [0.5, 0.6) is 0 Å². The van der Waals surface area contributed by atoms with Crippen molar-refractivity contribution in [3.63, 3.8) is 0 Å². The molecule has 0 fully saturated rings. The van der Waals surface area contributed by atoms with E-state index in [0.29, 0.717) is 13.0 Å². The minimum atomic E-state index is -1.47. The van der Waals surface area contributed by atoms with Crippen molar-refractivity contribution in [2.45, 2.75) is 18.6 Å². The summed E-state index contributed by atoms with van der Waals surface area (Å²) in [6, 6.07) is 15.9. The number of rotatable bonds is 8. The minimum Gasteiger partial charge on any atom is -0.478 e. The fraction of sp³-hybridized carbons (Fsp3) is 0.300. The van der Waals surface area contributed by atoms with E-state index >= 15 is 0 Å². The number of carboxylic acid groups (broad SMARTS) is 1. The molecule has 7 nitrogen and oxygen atoms in total. The van der Waals surface area contributed by atoms with Gasteiger partial charge in [0.1, 0.15) is 6.61 Å². The Balaban J connectivity index is 1.64. The summed E-state index contributed by atoms with van der Waals surface area (Å²) in [5, 5.41) is 11.4. The summed E-state index contributed by atoms with van der Waals surface area (Å²) < 4.78 is 10.4. The van der Waals surface area contributed by atoms with Crippen LogP contribution in [0.4, 0.5) is 4.79 Å². The smallest absolute Gasteiger partial charge is 0.409 e. The second-order valence-electron chi connectivity index (χ2n) is 6.20. The van der Waals surface area contributed by atoms with Crippen LogP contribution in [-0.2, 0) is 14.3 Å². The Bertz CT molecular complexity index is 778. The number of carbonyl (C=O) groups is 2. The lowest BCUT2D eigenvalue weighted by Crippen LogP contribution is -2.43. The van der Waals surface area contributed by atoms with Gasteiger partial charge in [0.05, 0.1) is 6.61 Å². The van der Waals surface area contributed by atoms with Gasteiger partial charge in [-0.15, -0.1) is 0 Å². The summed E-state index contributed by atoms with van der Waals surface area (Å²) in [6.07, 6.45) is -1.81. The molecule has 1 aliphatic rings. The van der Waals surface area contributed by atoms with Gasteiger partial charge in [0, 0.05) is 5.92 Å². The van der Waals surface area contributed by atoms with Crippen LogP contribution in [0.3, 0.4) is 0 Å². The lowest BCUT2D eigenvalue weighted by Gasteiger charge is -2.17. The molecule has 4 N–H and O–H groups in total. The van der Waals surface area contributed by atoms with E-state index in [4.69, 9.17) is 20.3 Å². The number of nitrogens with two attached hydrogens (primary N) is 1. The maximum atomic E-state index is 12.1. The number of hydrogen-bond acceptors (Lipinski definition) is 5. The third-order valence-electron chi connectivity index (χ3n) is 4.45. The molecule has 2 aromatic carbocycles. The lowest BCUT2D eigenvalue weighted by molar-refractivity contribution is -0.152. The molecule has 3 rings (SSSR count). The molecule has 0 heterocycles. The van der Waals surface area contributed by atoms with Gasteiger partial charge in [-0.25, -0.2) is 9.59 Å². The topological polar surface area (TPSA) is 111 Å². The van der Waals surface area contributed by atoms with Gasteiger partial charge in [0.15, 0.2) is 0 Å². The first kappa shape index (κ1) is 18.9. The van der Waals surface area contributed by atoms with Gasteiger partial charge in [-0.1, -0.05) is 48.5 Å². The fourth-order valence-corrected chi connectivity index (χ4v) is 3.21. The molecule has 7 heteroatoms. The zero-order valence-corrected chi connectivity index (χ0v) is 14.8. The molecule has 27 heavy (non-hydrogen) atoms. The number of benzene rings is 2. The first-order valence-corrected chi connectivity index (χ1v) is 8.77. The zero-order chi connectivity index (χ0) is 19.2. The molecule has 1 amide bonds. The number of carboxylic acids is 1. The fourth-order valence-electron chi connectivity index (χ4n) is 3.21. The average molecular weight is 370 g/mol. The Morgan fingerprint density at radius 3 is 2.22 bits per heavy atom. The van der Waals surface area contributed by atoms with Crippen molar-refractivity contribution in [3.8, 4) is 11.1 Å². The minimum absolute atomic E-state index is 0.0930. The molecule has 0 aliphatic heterocycles. The van der Waals surface area contributed by atoms with E-state index in [1.54, 1.807) is 0 Å². The largest absolute Gasteiger partial charge is 0.478 e. The maximum absolute atomic E-state index is 12.1. The first-order chi connectivity index (χ1) is 13.1. The van der Waals surface area contributed by atoms with E-state index in [1.165, 1.54) is 0 Å². The highest BCUT2D eigenvalue weighted by Crippen LogP contribution is 2.44. The predicted molar refractivity (Wildman–Crippen MR) is 99.3 cm³/mol. The van der Waals surface area contributed by atoms with E-state index in [0.717, 1.165) is 22.3 Å². The van der Waals surface area contributed by atoms with Crippen molar-refractivity contribution >= 4 is 12.1 Å². The van der Waals surface area contributed by atoms with Gasteiger partial charge in [-0.2, -0.15) is 0 Å². The van der Waals surface area contributed by atoms with E-state index < -0.39 is 18.3 Å². The molecule has 0 bridgehead atoms. The standard InChI is InChI=1S/C20H22N2O5/c21-10-5-11-26-18(19(23)24)22-20(25)27-12-17-15-8-3-1-6-13(15)14-7-2-4-9-16(14)17/h1-4,6-9,17-18H,5,10-12,21H2,(H,22,25)(H,23,24)/t18-/m0/s1. The molecular weight excluding hydrogens is 348 g/mol. The molecule has 0 spiro atoms. The number of nitrogens with one attached hydrogen (secondary N) is 1. The number of ether oxygens (including phenoxy) is 2. The third kappa shape index (κ3) is 4.27. The highest BCUT2D eigenvalue weighted by atomic mass is 16.6. The van der Waals surface area contributed by atoms with Crippen LogP contribution in [0.1, 0.15) is 23.5 Å². The Kier molecular flexibility index (Phi) is 6.05. The number of hydrogen-bond donors (Lipinski definition) is 3. The second kappa shape index (κ2) is 8.66. The Morgan fingerprint density at radius 2 is 1.67 bits per heavy atom. The van der Waals surface area contributed by atoms with Crippen molar-refractivity contribution < 1.29 is 24.2 Å². The molecule has 0 unspecified atom stereocenters. The lowest BCUT2D eigenvalue weighted by atomic mass is 9.98.